The van der Waals surface area contributed by atoms with Gasteiger partial charge in [-0.25, -0.2) is 5.26 Å². The third-order valence-electron chi connectivity index (χ3n) is 0.0667. The van der Waals surface area contributed by atoms with Crippen LogP contribution in [-0.2, 0) is 21.5 Å². The van der Waals surface area contributed by atoms with E-state index in [1.807, 2.05) is 0 Å². The van der Waals surface area contributed by atoms with Crippen LogP contribution in [0, 0.1) is 10.1 Å². The second-order valence-electron chi connectivity index (χ2n) is 0.305. The van der Waals surface area contributed by atoms with Crippen molar-refractivity contribution in [2.75, 3.05) is 0 Å². The summed E-state index contributed by atoms with van der Waals surface area (Å²) in [4.78, 5) is 11.2. The van der Waals surface area contributed by atoms with Gasteiger partial charge in [-0.05, 0) is 0 Å². The van der Waals surface area contributed by atoms with Crippen LogP contribution in [0.1, 0.15) is 0 Å². The summed E-state index contributed by atoms with van der Waals surface area (Å²) in [6.45, 7) is 0. The van der Waals surface area contributed by atoms with Crippen LogP contribution >= 0.6 is 0 Å². The van der Waals surface area contributed by atoms with Crippen molar-refractivity contribution in [3.8, 4) is 0 Å². The van der Waals surface area contributed by atoms with Gasteiger partial charge < -0.3 is 0 Å². The van der Waals surface area contributed by atoms with Gasteiger partial charge in [-0.1, -0.05) is 0 Å². The van der Waals surface area contributed by atoms with Gasteiger partial charge in [-0.2, -0.15) is 0 Å². The van der Waals surface area contributed by atoms with Gasteiger partial charge in [0.1, 0.15) is 0 Å². The first kappa shape index (κ1) is 9.17. The molecule has 0 atom stereocenters. The molecule has 0 aliphatic heterocycles. The average molecular weight is 138 g/mol. The number of nitrogens with zero attached hydrogens (tertiary/aromatic N) is 1. The molecule has 0 radical (unpaired) electrons. The number of hydrogen-bond donors (Lipinski definition) is 1. The molecule has 0 amide bonds. The maximum absolute atomic E-state index is 8.70. The second-order valence-corrected chi connectivity index (χ2v) is 0.305. The molecule has 0 aromatic rings. The Balaban J connectivity index is 0. The Kier molecular flexibility index (Phi) is 7.11. The maximum atomic E-state index is 8.70. The molecule has 0 aliphatic carbocycles. The molecule has 0 bridgehead atoms. The molecule has 0 saturated carbocycles. The molecule has 40 valence electrons. The van der Waals surface area contributed by atoms with E-state index in [1.165, 1.54) is 0 Å². The molecular weight excluding hydrogens is 137 g/mol. The van der Waals surface area contributed by atoms with E-state index in [-0.39, 0.29) is 16.5 Å². The second kappa shape index (κ2) is 4.65. The van der Waals surface area contributed by atoms with Crippen molar-refractivity contribution in [1.29, 1.82) is 0 Å². The van der Waals surface area contributed by atoms with Crippen LogP contribution in [0.3, 0.4) is 0 Å². The fourth-order valence-corrected chi connectivity index (χ4v) is 0. The molecular formula is HNNiO4. The van der Waals surface area contributed by atoms with Gasteiger partial charge >= 0.3 is 5.09 Å². The van der Waals surface area contributed by atoms with Crippen LogP contribution < -0.4 is 0 Å². The van der Waals surface area contributed by atoms with Crippen LogP contribution in [0.15, 0.2) is 0 Å². The molecule has 1 N–H and O–H groups in total. The predicted molar refractivity (Wildman–Crippen MR) is 10.7 cm³/mol. The third-order valence-corrected chi connectivity index (χ3v) is 0.0667. The van der Waals surface area contributed by atoms with Gasteiger partial charge in [0.05, 0.1) is 0 Å². The fourth-order valence-electron chi connectivity index (χ4n) is 0. The Bertz CT molecular complexity index is 42.8. The molecule has 6 heteroatoms. The third kappa shape index (κ3) is 9.41. The zero-order valence-corrected chi connectivity index (χ0v) is 3.42. The number of hydrogen-bond acceptors (Lipinski definition) is 4. The first-order valence-corrected chi connectivity index (χ1v) is 0.730. The van der Waals surface area contributed by atoms with Crippen molar-refractivity contribution in [3.05, 3.63) is 10.1 Å². The van der Waals surface area contributed by atoms with E-state index in [2.05, 4.69) is 4.99 Å². The smallest absolute Gasteiger partial charge is 0.214 e. The Hall–Kier alpha value is -0.346. The number of rotatable bonds is 1. The molecule has 6 heavy (non-hydrogen) atoms. The minimum atomic E-state index is -1.32. The van der Waals surface area contributed by atoms with E-state index in [1.54, 1.807) is 0 Å². The molecule has 0 aliphatic rings. The van der Waals surface area contributed by atoms with E-state index < -0.39 is 5.09 Å². The van der Waals surface area contributed by atoms with Crippen LogP contribution in [0.2, 0.25) is 0 Å². The van der Waals surface area contributed by atoms with Gasteiger partial charge in [-0.3, -0.25) is 0 Å². The summed E-state index contributed by atoms with van der Waals surface area (Å²) in [6, 6.07) is 0. The minimum Gasteiger partial charge on any atom is -0.214 e. The summed E-state index contributed by atoms with van der Waals surface area (Å²) in [5, 5.41) is 14.3. The first-order valence-electron chi connectivity index (χ1n) is 0.730. The van der Waals surface area contributed by atoms with Crippen LogP contribution in [0.25, 0.3) is 0 Å². The largest absolute Gasteiger partial charge is 0.322 e. The van der Waals surface area contributed by atoms with E-state index in [0.717, 1.165) is 0 Å². The Morgan fingerprint density at radius 3 is 2.00 bits per heavy atom. The van der Waals surface area contributed by atoms with E-state index >= 15 is 0 Å². The monoisotopic (exact) mass is 137 g/mol. The van der Waals surface area contributed by atoms with Gasteiger partial charge in [0.15, 0.2) is 0 Å². The Morgan fingerprint density at radius 2 is 2.00 bits per heavy atom. The summed E-state index contributed by atoms with van der Waals surface area (Å²) in [6.07, 6.45) is 0. The topological polar surface area (TPSA) is 72.6 Å². The molecule has 0 fully saturated rings. The van der Waals surface area contributed by atoms with Crippen molar-refractivity contribution in [3.63, 3.8) is 0 Å². The van der Waals surface area contributed by atoms with Crippen molar-refractivity contribution in [1.82, 2.24) is 0 Å². The normalized spacial score (nSPS) is 5.50. The quantitative estimate of drug-likeness (QED) is 0.233. The maximum Gasteiger partial charge on any atom is 0.322 e. The first-order chi connectivity index (χ1) is 2.27. The average Bonchev–Trinajstić information content (AvgIpc) is 1.38. The fraction of sp³-hybridized carbons (Fsp3) is 0. The summed E-state index contributed by atoms with van der Waals surface area (Å²) in [5.41, 5.74) is 0. The van der Waals surface area contributed by atoms with E-state index in [9.17, 15) is 0 Å². The molecule has 0 aromatic carbocycles. The summed E-state index contributed by atoms with van der Waals surface area (Å²) in [7, 11) is 0. The summed E-state index contributed by atoms with van der Waals surface area (Å²) in [5.74, 6) is 0. The van der Waals surface area contributed by atoms with Crippen LogP contribution in [-0.4, -0.2) is 10.3 Å². The van der Waals surface area contributed by atoms with Crippen LogP contribution in [0.4, 0.5) is 0 Å². The van der Waals surface area contributed by atoms with Crippen LogP contribution in [0.5, 0.6) is 0 Å². The Labute approximate surface area is 42.9 Å². The van der Waals surface area contributed by atoms with Crippen molar-refractivity contribution < 1.29 is 31.8 Å². The van der Waals surface area contributed by atoms with Crippen molar-refractivity contribution in [2.45, 2.75) is 0 Å². The molecule has 0 unspecified atom stereocenters. The molecule has 0 spiro atoms. The Morgan fingerprint density at radius 1 is 1.83 bits per heavy atom. The van der Waals surface area contributed by atoms with Gasteiger partial charge in [0, 0.05) is 16.5 Å². The van der Waals surface area contributed by atoms with Crippen molar-refractivity contribution >= 4 is 0 Å². The van der Waals surface area contributed by atoms with E-state index in [0.29, 0.717) is 0 Å². The summed E-state index contributed by atoms with van der Waals surface area (Å²) >= 11 is 0. The SMILES string of the molecule is O=[N+]([O-])OO.[Ni]. The molecule has 0 rings (SSSR count). The molecule has 0 aromatic heterocycles. The standard InChI is InChI=1S/HNO4.Ni/c2-1(3)5-4;/h4H;. The molecule has 0 heterocycles. The van der Waals surface area contributed by atoms with E-state index in [4.69, 9.17) is 15.4 Å². The van der Waals surface area contributed by atoms with Gasteiger partial charge in [0.2, 0.25) is 0 Å². The van der Waals surface area contributed by atoms with Gasteiger partial charge in [0.25, 0.3) is 0 Å². The predicted octanol–water partition coefficient (Wildman–Crippen LogP) is -0.335. The zero-order valence-electron chi connectivity index (χ0n) is 2.44. The van der Waals surface area contributed by atoms with Gasteiger partial charge in [-0.15, -0.1) is 15.1 Å². The van der Waals surface area contributed by atoms with Crippen molar-refractivity contribution in [2.24, 2.45) is 0 Å². The molecule has 5 nitrogen and oxygen atoms in total. The minimum absolute atomic E-state index is 0. The molecule has 0 saturated heterocycles. The zero-order chi connectivity index (χ0) is 4.28. The summed E-state index contributed by atoms with van der Waals surface area (Å²) < 4.78 is 0.